The monoisotopic (exact) mass is 363 g/mol. The van der Waals surface area contributed by atoms with Crippen molar-refractivity contribution < 1.29 is 18.9 Å². The Hall–Kier alpha value is -2.42. The molecule has 1 aliphatic carbocycles. The van der Waals surface area contributed by atoms with E-state index < -0.39 is 11.9 Å². The van der Waals surface area contributed by atoms with E-state index in [1.54, 1.807) is 6.92 Å². The van der Waals surface area contributed by atoms with Gasteiger partial charge in [0.05, 0.1) is 5.92 Å². The van der Waals surface area contributed by atoms with E-state index in [2.05, 4.69) is 33.6 Å². The molecule has 3 amide bonds. The lowest BCUT2D eigenvalue weighted by Gasteiger charge is -2.21. The molecule has 2 aliphatic rings. The van der Waals surface area contributed by atoms with Gasteiger partial charge in [0.15, 0.2) is 5.69 Å². The smallest absolute Gasteiger partial charge is 0.274 e. The van der Waals surface area contributed by atoms with Crippen molar-refractivity contribution in [1.29, 1.82) is 0 Å². The van der Waals surface area contributed by atoms with Gasteiger partial charge in [-0.25, -0.2) is 5.43 Å². The molecule has 9 heteroatoms. The van der Waals surface area contributed by atoms with E-state index in [-0.39, 0.29) is 28.8 Å². The van der Waals surface area contributed by atoms with Gasteiger partial charge >= 0.3 is 0 Å². The first-order valence-corrected chi connectivity index (χ1v) is 8.91. The number of nitrogens with one attached hydrogen (secondary N) is 4. The molecular weight excluding hydrogens is 338 g/mol. The van der Waals surface area contributed by atoms with E-state index in [4.69, 9.17) is 4.52 Å². The van der Waals surface area contributed by atoms with Gasteiger partial charge in [0.1, 0.15) is 11.8 Å². The van der Waals surface area contributed by atoms with Gasteiger partial charge in [-0.3, -0.25) is 19.8 Å². The fourth-order valence-electron chi connectivity index (χ4n) is 3.01. The number of nitrogens with zero attached hydrogens (tertiary/aromatic N) is 1. The Morgan fingerprint density at radius 1 is 1.46 bits per heavy atom. The molecule has 3 rings (SSSR count). The van der Waals surface area contributed by atoms with Crippen molar-refractivity contribution >= 4 is 17.7 Å². The normalized spacial score (nSPS) is 21.8. The highest BCUT2D eigenvalue weighted by molar-refractivity contribution is 5.96. The summed E-state index contributed by atoms with van der Waals surface area (Å²) in [5.74, 6) is -0.403. The van der Waals surface area contributed by atoms with E-state index in [1.807, 2.05) is 0 Å². The lowest BCUT2D eigenvalue weighted by molar-refractivity contribution is -0.126. The Kier molecular flexibility index (Phi) is 5.26. The van der Waals surface area contributed by atoms with Crippen LogP contribution in [0.25, 0.3) is 0 Å². The van der Waals surface area contributed by atoms with Crippen LogP contribution < -0.4 is 21.5 Å². The number of aryl methyl sites for hydroxylation is 1. The van der Waals surface area contributed by atoms with Crippen molar-refractivity contribution in [3.8, 4) is 0 Å². The fourth-order valence-corrected chi connectivity index (χ4v) is 3.01. The molecule has 0 aromatic carbocycles. The maximum Gasteiger partial charge on any atom is 0.274 e. The molecule has 1 aromatic heterocycles. The molecule has 0 spiro atoms. The number of hydrogen-bond donors (Lipinski definition) is 4. The zero-order valence-electron chi connectivity index (χ0n) is 15.1. The molecule has 2 heterocycles. The molecule has 1 saturated carbocycles. The molecule has 2 fully saturated rings. The largest absolute Gasteiger partial charge is 0.361 e. The maximum atomic E-state index is 12.5. The summed E-state index contributed by atoms with van der Waals surface area (Å²) in [4.78, 5) is 36.4. The van der Waals surface area contributed by atoms with Gasteiger partial charge in [-0.05, 0) is 38.0 Å². The summed E-state index contributed by atoms with van der Waals surface area (Å²) >= 11 is 0. The quantitative estimate of drug-likeness (QED) is 0.483. The summed E-state index contributed by atoms with van der Waals surface area (Å²) in [6.07, 6.45) is 3.36. The van der Waals surface area contributed by atoms with Crippen LogP contribution in [0.15, 0.2) is 10.6 Å². The molecule has 0 radical (unpaired) electrons. The van der Waals surface area contributed by atoms with Gasteiger partial charge in [0.25, 0.3) is 11.8 Å². The zero-order chi connectivity index (χ0) is 18.7. The summed E-state index contributed by atoms with van der Waals surface area (Å²) in [6, 6.07) is 0.844. The molecule has 142 valence electrons. The van der Waals surface area contributed by atoms with E-state index in [0.717, 1.165) is 19.3 Å². The minimum absolute atomic E-state index is 0.0107. The van der Waals surface area contributed by atoms with Crippen LogP contribution in [0.3, 0.4) is 0 Å². The first kappa shape index (κ1) is 18.4. The Labute approximate surface area is 151 Å². The lowest BCUT2D eigenvalue weighted by atomic mass is 9.98. The molecular formula is C17H25N5O4. The van der Waals surface area contributed by atoms with Crippen LogP contribution in [0.2, 0.25) is 0 Å². The summed E-state index contributed by atoms with van der Waals surface area (Å²) in [5.41, 5.74) is 5.65. The summed E-state index contributed by atoms with van der Waals surface area (Å²) < 4.78 is 4.91. The van der Waals surface area contributed by atoms with Gasteiger partial charge in [-0.15, -0.1) is 0 Å². The van der Waals surface area contributed by atoms with Crippen LogP contribution in [-0.4, -0.2) is 42.0 Å². The third kappa shape index (κ3) is 4.60. The van der Waals surface area contributed by atoms with Crippen molar-refractivity contribution in [3.05, 3.63) is 17.5 Å². The second-order valence-electron chi connectivity index (χ2n) is 7.51. The molecule has 1 aromatic rings. The van der Waals surface area contributed by atoms with Crippen molar-refractivity contribution in [2.75, 3.05) is 13.1 Å². The molecule has 9 nitrogen and oxygen atoms in total. The molecule has 1 unspecified atom stereocenters. The second-order valence-corrected chi connectivity index (χ2v) is 7.51. The number of amides is 3. The molecule has 2 atom stereocenters. The molecule has 4 N–H and O–H groups in total. The molecule has 1 saturated heterocycles. The average molecular weight is 363 g/mol. The van der Waals surface area contributed by atoms with Crippen LogP contribution in [0, 0.1) is 18.3 Å². The second kappa shape index (κ2) is 7.45. The average Bonchev–Trinajstić information content (AvgIpc) is 2.95. The Bertz CT molecular complexity index is 697. The van der Waals surface area contributed by atoms with Gasteiger partial charge in [-0.2, -0.15) is 0 Å². The van der Waals surface area contributed by atoms with Crippen molar-refractivity contribution in [3.63, 3.8) is 0 Å². The van der Waals surface area contributed by atoms with Gasteiger partial charge in [0, 0.05) is 19.2 Å². The number of rotatable bonds is 8. The fraction of sp³-hybridized carbons (Fsp3) is 0.647. The first-order valence-electron chi connectivity index (χ1n) is 8.91. The summed E-state index contributed by atoms with van der Waals surface area (Å²) in [5, 5.41) is 9.17. The SMILES string of the molecule is Cc1cc(C(=O)NC(CC2(C)CC2)C(=O)NNC[C@@H]2CCNC2=O)no1. The van der Waals surface area contributed by atoms with Gasteiger partial charge in [0.2, 0.25) is 5.91 Å². The van der Waals surface area contributed by atoms with Crippen molar-refractivity contribution in [1.82, 2.24) is 26.6 Å². The van der Waals surface area contributed by atoms with E-state index in [9.17, 15) is 14.4 Å². The first-order chi connectivity index (χ1) is 12.4. The predicted molar refractivity (Wildman–Crippen MR) is 91.7 cm³/mol. The standard InChI is InChI=1S/C17H25N5O4/c1-10-7-12(22-26-10)15(24)20-13(8-17(2)4-5-17)16(25)21-19-9-11-3-6-18-14(11)23/h7,11,13,19H,3-6,8-9H2,1-2H3,(H,18,23)(H,20,24)(H,21,25)/t11-,13?/m0/s1. The van der Waals surface area contributed by atoms with E-state index in [0.29, 0.717) is 25.3 Å². The molecule has 0 bridgehead atoms. The Morgan fingerprint density at radius 3 is 2.81 bits per heavy atom. The highest BCUT2D eigenvalue weighted by Gasteiger charge is 2.41. The third-order valence-electron chi connectivity index (χ3n) is 5.01. The van der Waals surface area contributed by atoms with Crippen LogP contribution in [-0.2, 0) is 9.59 Å². The third-order valence-corrected chi connectivity index (χ3v) is 5.01. The minimum Gasteiger partial charge on any atom is -0.361 e. The van der Waals surface area contributed by atoms with Crippen molar-refractivity contribution in [2.24, 2.45) is 11.3 Å². The topological polar surface area (TPSA) is 125 Å². The number of hydrogen-bond acceptors (Lipinski definition) is 6. The highest BCUT2D eigenvalue weighted by Crippen LogP contribution is 2.48. The van der Waals surface area contributed by atoms with E-state index in [1.165, 1.54) is 6.07 Å². The van der Waals surface area contributed by atoms with Crippen molar-refractivity contribution in [2.45, 2.75) is 45.6 Å². The van der Waals surface area contributed by atoms with Gasteiger partial charge in [-0.1, -0.05) is 12.1 Å². The van der Waals surface area contributed by atoms with Crippen LogP contribution in [0.1, 0.15) is 48.9 Å². The molecule has 1 aliphatic heterocycles. The molecule has 26 heavy (non-hydrogen) atoms. The number of carbonyl (C=O) groups is 3. The number of hydrazine groups is 1. The van der Waals surface area contributed by atoms with Crippen LogP contribution in [0.4, 0.5) is 0 Å². The van der Waals surface area contributed by atoms with Crippen LogP contribution >= 0.6 is 0 Å². The van der Waals surface area contributed by atoms with Gasteiger partial charge < -0.3 is 15.2 Å². The predicted octanol–water partition coefficient (Wildman–Crippen LogP) is 0.0285. The summed E-state index contributed by atoms with van der Waals surface area (Å²) in [6.45, 7) is 4.81. The highest BCUT2D eigenvalue weighted by atomic mass is 16.5. The number of aromatic nitrogens is 1. The van der Waals surface area contributed by atoms with Crippen LogP contribution in [0.5, 0.6) is 0 Å². The Morgan fingerprint density at radius 2 is 2.23 bits per heavy atom. The number of carbonyl (C=O) groups excluding carboxylic acids is 3. The lowest BCUT2D eigenvalue weighted by Crippen LogP contribution is -2.52. The maximum absolute atomic E-state index is 12.5. The zero-order valence-corrected chi connectivity index (χ0v) is 15.1. The Balaban J connectivity index is 1.55. The summed E-state index contributed by atoms with van der Waals surface area (Å²) in [7, 11) is 0. The minimum atomic E-state index is -0.683. The van der Waals surface area contributed by atoms with E-state index >= 15 is 0 Å².